The molecule has 0 aliphatic heterocycles. The molecule has 1 rings (SSSR count). The van der Waals surface area contributed by atoms with Crippen molar-refractivity contribution in [3.05, 3.63) is 23.8 Å². The van der Waals surface area contributed by atoms with Gasteiger partial charge < -0.3 is 9.47 Å². The number of carbonyl (C=O) groups is 1. The zero-order chi connectivity index (χ0) is 13.5. The highest BCUT2D eigenvalue weighted by atomic mass is 16.5. The third-order valence-electron chi connectivity index (χ3n) is 3.02. The number of Topliss-reactive ketones (excluding diaryl/α,β-unsaturated/α-hetero) is 1. The Labute approximate surface area is 109 Å². The fraction of sp³-hybridized carbons (Fsp3) is 0.533. The molecular formula is C15H22O3. The first-order chi connectivity index (χ1) is 8.63. The lowest BCUT2D eigenvalue weighted by Crippen LogP contribution is -2.09. The molecule has 3 heteroatoms. The van der Waals surface area contributed by atoms with Crippen LogP contribution in [0.3, 0.4) is 0 Å². The van der Waals surface area contributed by atoms with Gasteiger partial charge in [-0.05, 0) is 18.1 Å². The summed E-state index contributed by atoms with van der Waals surface area (Å²) >= 11 is 0. The maximum absolute atomic E-state index is 12.3. The van der Waals surface area contributed by atoms with Crippen LogP contribution < -0.4 is 9.47 Å². The van der Waals surface area contributed by atoms with E-state index in [2.05, 4.69) is 13.8 Å². The summed E-state index contributed by atoms with van der Waals surface area (Å²) in [6.45, 7) is 4.23. The van der Waals surface area contributed by atoms with Crippen molar-refractivity contribution in [2.45, 2.75) is 33.1 Å². The lowest BCUT2D eigenvalue weighted by atomic mass is 9.95. The molecule has 0 aliphatic carbocycles. The van der Waals surface area contributed by atoms with Gasteiger partial charge >= 0.3 is 0 Å². The fourth-order valence-electron chi connectivity index (χ4n) is 2.14. The van der Waals surface area contributed by atoms with Gasteiger partial charge in [-0.25, -0.2) is 0 Å². The Bertz CT molecular complexity index is 376. The third kappa shape index (κ3) is 3.49. The predicted molar refractivity (Wildman–Crippen MR) is 72.6 cm³/mol. The smallest absolute Gasteiger partial charge is 0.170 e. The minimum Gasteiger partial charge on any atom is -0.496 e. The second-order valence-corrected chi connectivity index (χ2v) is 4.56. The summed E-state index contributed by atoms with van der Waals surface area (Å²) in [6, 6.07) is 5.41. The molecule has 0 aromatic heterocycles. The average Bonchev–Trinajstić information content (AvgIpc) is 2.37. The van der Waals surface area contributed by atoms with Crippen molar-refractivity contribution in [3.63, 3.8) is 0 Å². The first kappa shape index (κ1) is 14.6. The van der Waals surface area contributed by atoms with Crippen LogP contribution in [0.2, 0.25) is 0 Å². The quantitative estimate of drug-likeness (QED) is 0.692. The minimum absolute atomic E-state index is 0.0882. The molecule has 3 nitrogen and oxygen atoms in total. The summed E-state index contributed by atoms with van der Waals surface area (Å²) in [4.78, 5) is 12.3. The number of ketones is 1. The molecule has 18 heavy (non-hydrogen) atoms. The van der Waals surface area contributed by atoms with Gasteiger partial charge in [0.15, 0.2) is 5.78 Å². The molecule has 0 radical (unpaired) electrons. The molecule has 0 saturated carbocycles. The molecule has 0 spiro atoms. The van der Waals surface area contributed by atoms with E-state index in [1.807, 2.05) is 6.07 Å². The molecule has 0 aliphatic rings. The van der Waals surface area contributed by atoms with Crippen molar-refractivity contribution in [1.29, 1.82) is 0 Å². The minimum atomic E-state index is 0.0882. The molecule has 0 heterocycles. The second kappa shape index (κ2) is 7.04. The Morgan fingerprint density at radius 3 is 2.22 bits per heavy atom. The van der Waals surface area contributed by atoms with Gasteiger partial charge in [-0.15, -0.1) is 0 Å². The highest BCUT2D eigenvalue weighted by Crippen LogP contribution is 2.30. The van der Waals surface area contributed by atoms with Crippen LogP contribution in [0.4, 0.5) is 0 Å². The lowest BCUT2D eigenvalue weighted by molar-refractivity contribution is 0.0956. The van der Waals surface area contributed by atoms with Crippen LogP contribution in [0, 0.1) is 5.92 Å². The van der Waals surface area contributed by atoms with Crippen molar-refractivity contribution >= 4 is 5.78 Å². The molecule has 1 unspecified atom stereocenters. The van der Waals surface area contributed by atoms with E-state index >= 15 is 0 Å². The Hall–Kier alpha value is -1.51. The first-order valence-corrected chi connectivity index (χ1v) is 6.38. The van der Waals surface area contributed by atoms with E-state index in [4.69, 9.17) is 9.47 Å². The average molecular weight is 250 g/mol. The molecule has 1 aromatic carbocycles. The topological polar surface area (TPSA) is 35.5 Å². The zero-order valence-corrected chi connectivity index (χ0v) is 11.7. The molecule has 0 N–H and O–H groups in total. The van der Waals surface area contributed by atoms with Gasteiger partial charge in [0.2, 0.25) is 0 Å². The molecular weight excluding hydrogens is 228 g/mol. The van der Waals surface area contributed by atoms with Crippen molar-refractivity contribution in [2.24, 2.45) is 5.92 Å². The molecule has 1 atom stereocenters. The Morgan fingerprint density at radius 2 is 1.78 bits per heavy atom. The number of carbonyl (C=O) groups excluding carboxylic acids is 1. The van der Waals surface area contributed by atoms with Crippen LogP contribution in [0.1, 0.15) is 43.5 Å². The van der Waals surface area contributed by atoms with Crippen LogP contribution in [0.15, 0.2) is 18.2 Å². The third-order valence-corrected chi connectivity index (χ3v) is 3.02. The predicted octanol–water partition coefficient (Wildman–Crippen LogP) is 3.71. The highest BCUT2D eigenvalue weighted by Gasteiger charge is 2.19. The number of benzene rings is 1. The number of hydrogen-bond acceptors (Lipinski definition) is 3. The molecule has 0 amide bonds. The van der Waals surface area contributed by atoms with Gasteiger partial charge in [-0.3, -0.25) is 4.79 Å². The van der Waals surface area contributed by atoms with Crippen LogP contribution in [0.5, 0.6) is 11.5 Å². The van der Waals surface area contributed by atoms with Crippen LogP contribution in [-0.2, 0) is 0 Å². The number of methoxy groups -OCH3 is 2. The normalized spacial score (nSPS) is 12.0. The van der Waals surface area contributed by atoms with Crippen LogP contribution >= 0.6 is 0 Å². The van der Waals surface area contributed by atoms with E-state index in [9.17, 15) is 4.79 Å². The lowest BCUT2D eigenvalue weighted by Gasteiger charge is -2.14. The van der Waals surface area contributed by atoms with Crippen molar-refractivity contribution in [2.75, 3.05) is 14.2 Å². The molecule has 0 bridgehead atoms. The van der Waals surface area contributed by atoms with E-state index in [1.165, 1.54) is 0 Å². The Balaban J connectivity index is 2.96. The van der Waals surface area contributed by atoms with Crippen LogP contribution in [-0.4, -0.2) is 20.0 Å². The van der Waals surface area contributed by atoms with Gasteiger partial charge in [-0.1, -0.05) is 32.8 Å². The van der Waals surface area contributed by atoms with Crippen LogP contribution in [0.25, 0.3) is 0 Å². The summed E-state index contributed by atoms with van der Waals surface area (Å²) in [5.41, 5.74) is 0.561. The number of hydrogen-bond donors (Lipinski definition) is 0. The largest absolute Gasteiger partial charge is 0.496 e. The number of rotatable bonds is 7. The molecule has 0 fully saturated rings. The van der Waals surface area contributed by atoms with Crippen molar-refractivity contribution in [1.82, 2.24) is 0 Å². The zero-order valence-electron chi connectivity index (χ0n) is 11.7. The van der Waals surface area contributed by atoms with Gasteiger partial charge in [0, 0.05) is 6.42 Å². The first-order valence-electron chi connectivity index (χ1n) is 6.38. The summed E-state index contributed by atoms with van der Waals surface area (Å²) in [6.07, 6.45) is 2.69. The van der Waals surface area contributed by atoms with E-state index < -0.39 is 0 Å². The van der Waals surface area contributed by atoms with Gasteiger partial charge in [0.25, 0.3) is 0 Å². The van der Waals surface area contributed by atoms with E-state index in [0.29, 0.717) is 29.4 Å². The monoisotopic (exact) mass is 250 g/mol. The maximum atomic E-state index is 12.3. The Kier molecular flexibility index (Phi) is 5.69. The Morgan fingerprint density at radius 1 is 1.22 bits per heavy atom. The van der Waals surface area contributed by atoms with Gasteiger partial charge in [-0.2, -0.15) is 0 Å². The van der Waals surface area contributed by atoms with E-state index in [1.54, 1.807) is 26.4 Å². The van der Waals surface area contributed by atoms with E-state index in [-0.39, 0.29) is 5.78 Å². The van der Waals surface area contributed by atoms with Gasteiger partial charge in [0.1, 0.15) is 17.1 Å². The molecule has 0 saturated heterocycles. The summed E-state index contributed by atoms with van der Waals surface area (Å²) in [5, 5.41) is 0. The number of ether oxygens (including phenoxy) is 2. The summed E-state index contributed by atoms with van der Waals surface area (Å²) in [7, 11) is 3.14. The van der Waals surface area contributed by atoms with Gasteiger partial charge in [0.05, 0.1) is 14.2 Å². The summed E-state index contributed by atoms with van der Waals surface area (Å²) < 4.78 is 10.5. The SMILES string of the molecule is CCCC(C)CC(=O)c1c(OC)cccc1OC. The summed E-state index contributed by atoms with van der Waals surface area (Å²) in [5.74, 6) is 1.65. The van der Waals surface area contributed by atoms with Crippen molar-refractivity contribution < 1.29 is 14.3 Å². The highest BCUT2D eigenvalue weighted by molar-refractivity contribution is 6.01. The van der Waals surface area contributed by atoms with Crippen molar-refractivity contribution in [3.8, 4) is 11.5 Å². The standard InChI is InChI=1S/C15H22O3/c1-5-7-11(2)10-12(16)15-13(17-3)8-6-9-14(15)18-4/h6,8-9,11H,5,7,10H2,1-4H3. The van der Waals surface area contributed by atoms with E-state index in [0.717, 1.165) is 12.8 Å². The molecule has 1 aromatic rings. The second-order valence-electron chi connectivity index (χ2n) is 4.56. The maximum Gasteiger partial charge on any atom is 0.170 e. The fourth-order valence-corrected chi connectivity index (χ4v) is 2.14. The molecule has 100 valence electrons.